The first-order valence-corrected chi connectivity index (χ1v) is 16.7. The predicted molar refractivity (Wildman–Crippen MR) is 208 cm³/mol. The molecule has 3 aromatic carbocycles. The Morgan fingerprint density at radius 3 is 2.04 bits per heavy atom. The van der Waals surface area contributed by atoms with Gasteiger partial charge in [-0.1, -0.05) is 151 Å². The zero-order chi connectivity index (χ0) is 34.0. The molecule has 242 valence electrons. The summed E-state index contributed by atoms with van der Waals surface area (Å²) >= 11 is 0. The summed E-state index contributed by atoms with van der Waals surface area (Å²) in [4.78, 5) is 0. The Hall–Kier alpha value is -6.13. The quantitative estimate of drug-likeness (QED) is 0.230. The van der Waals surface area contributed by atoms with E-state index in [4.69, 9.17) is 16.9 Å². The second-order valence-electron chi connectivity index (χ2n) is 12.2. The molecular formula is C45H42N4. The van der Waals surface area contributed by atoms with E-state index in [1.54, 1.807) is 6.08 Å². The average Bonchev–Trinajstić information content (AvgIpc) is 3.60. The van der Waals surface area contributed by atoms with Crippen molar-refractivity contribution in [2.45, 2.75) is 25.8 Å². The largest absolute Gasteiger partial charge is 0.398 e. The zero-order valence-electron chi connectivity index (χ0n) is 27.8. The molecule has 1 aliphatic carbocycles. The molecule has 0 amide bonds. The summed E-state index contributed by atoms with van der Waals surface area (Å²) in [6.07, 6.45) is 30.6. The van der Waals surface area contributed by atoms with Crippen molar-refractivity contribution in [2.24, 2.45) is 11.5 Å². The highest BCUT2D eigenvalue weighted by Crippen LogP contribution is 2.31. The number of nitrogens with one attached hydrogen (secondary N) is 2. The smallest absolute Gasteiger partial charge is 0.0704 e. The molecule has 0 radical (unpaired) electrons. The van der Waals surface area contributed by atoms with Crippen LogP contribution in [0.1, 0.15) is 35.1 Å². The highest BCUT2D eigenvalue weighted by molar-refractivity contribution is 6.28. The minimum atomic E-state index is -0.0582. The number of allylic oxidation sites excluding steroid dienone is 16. The van der Waals surface area contributed by atoms with E-state index in [9.17, 15) is 0 Å². The van der Waals surface area contributed by atoms with Crippen LogP contribution in [0.2, 0.25) is 0 Å². The normalized spacial score (nSPS) is 26.7. The molecule has 2 aliphatic heterocycles. The lowest BCUT2D eigenvalue weighted by Crippen LogP contribution is -2.25. The van der Waals surface area contributed by atoms with E-state index in [2.05, 4.69) is 91.2 Å². The standard InChI is InChI=1S/C45H42N4/c1-32-26-28-37(29-27-32)44-39(46)23-11-20-34(33-14-5-2-6-15-33)21-12-24-41(48)45(36-18-9-4-10-19-36)43-31-30-42(49-43)38(22-13-25-40(44)47)35-16-7-3-8-17-35/h2-7,9-16,18-31,42,46,49H,8,17,47-48H2,1H3/b21-12+,23-11-,25-13-,34-20-,38-22+,41-24-,44-40-,45-43-,46-39?. The average molecular weight is 639 g/mol. The SMILES string of the molecule is Cc1ccc(\C2=C(N)/C=C\C=C(/C3=CC=CCC3)C3C=C/C(=C(c4ccccc4)/C(N)=C/C=C/C(c4ccccc4)=C/C=C\C2=N)N3)cc1. The van der Waals surface area contributed by atoms with Crippen LogP contribution in [0.3, 0.4) is 0 Å². The Labute approximate surface area is 290 Å². The second-order valence-corrected chi connectivity index (χ2v) is 12.2. The highest BCUT2D eigenvalue weighted by Gasteiger charge is 2.23. The third kappa shape index (κ3) is 8.06. The van der Waals surface area contributed by atoms with Crippen molar-refractivity contribution in [2.75, 3.05) is 0 Å². The summed E-state index contributed by atoms with van der Waals surface area (Å²) in [6.45, 7) is 2.06. The molecule has 0 spiro atoms. The van der Waals surface area contributed by atoms with Gasteiger partial charge in [-0.05, 0) is 77.5 Å². The first kappa shape index (κ1) is 32.8. The minimum absolute atomic E-state index is 0.0582. The number of aryl methyl sites for hydroxylation is 1. The third-order valence-corrected chi connectivity index (χ3v) is 8.75. The van der Waals surface area contributed by atoms with Crippen LogP contribution >= 0.6 is 0 Å². The molecule has 49 heavy (non-hydrogen) atoms. The van der Waals surface area contributed by atoms with Crippen LogP contribution in [0, 0.1) is 12.3 Å². The molecule has 0 aromatic heterocycles. The molecular weight excluding hydrogens is 597 g/mol. The summed E-state index contributed by atoms with van der Waals surface area (Å²) in [6, 6.07) is 28.6. The Kier molecular flexibility index (Phi) is 10.5. The van der Waals surface area contributed by atoms with Gasteiger partial charge in [0.2, 0.25) is 0 Å². The molecule has 2 bridgehead atoms. The fourth-order valence-corrected chi connectivity index (χ4v) is 6.21. The third-order valence-electron chi connectivity index (χ3n) is 8.75. The maximum Gasteiger partial charge on any atom is 0.0704 e. The Bertz CT molecular complexity index is 2040. The molecule has 1 unspecified atom stereocenters. The Morgan fingerprint density at radius 1 is 0.653 bits per heavy atom. The lowest BCUT2D eigenvalue weighted by Gasteiger charge is -2.21. The number of hydrogen-bond acceptors (Lipinski definition) is 4. The zero-order valence-corrected chi connectivity index (χ0v) is 27.8. The minimum Gasteiger partial charge on any atom is -0.398 e. The van der Waals surface area contributed by atoms with Crippen molar-refractivity contribution >= 4 is 22.4 Å². The van der Waals surface area contributed by atoms with Crippen LogP contribution in [-0.2, 0) is 0 Å². The Morgan fingerprint density at radius 2 is 1.33 bits per heavy atom. The van der Waals surface area contributed by atoms with Crippen molar-refractivity contribution in [3.8, 4) is 0 Å². The van der Waals surface area contributed by atoms with Gasteiger partial charge in [0, 0.05) is 28.2 Å². The van der Waals surface area contributed by atoms with Crippen molar-refractivity contribution in [1.82, 2.24) is 5.32 Å². The summed E-state index contributed by atoms with van der Waals surface area (Å²) in [5, 5.41) is 12.9. The molecule has 0 saturated carbocycles. The van der Waals surface area contributed by atoms with Gasteiger partial charge in [-0.2, -0.15) is 0 Å². The monoisotopic (exact) mass is 638 g/mol. The first-order chi connectivity index (χ1) is 24.0. The van der Waals surface area contributed by atoms with E-state index in [0.717, 1.165) is 57.5 Å². The van der Waals surface area contributed by atoms with E-state index in [1.807, 2.05) is 85.0 Å². The van der Waals surface area contributed by atoms with Gasteiger partial charge in [-0.25, -0.2) is 0 Å². The van der Waals surface area contributed by atoms with Gasteiger partial charge in [0.05, 0.1) is 11.8 Å². The maximum atomic E-state index is 9.15. The van der Waals surface area contributed by atoms with Gasteiger partial charge in [0.15, 0.2) is 0 Å². The van der Waals surface area contributed by atoms with Crippen LogP contribution in [0.4, 0.5) is 0 Å². The summed E-state index contributed by atoms with van der Waals surface area (Å²) in [7, 11) is 0. The molecule has 0 saturated heterocycles. The second kappa shape index (κ2) is 15.6. The summed E-state index contributed by atoms with van der Waals surface area (Å²) < 4.78 is 0. The van der Waals surface area contributed by atoms with Crippen LogP contribution < -0.4 is 16.8 Å². The van der Waals surface area contributed by atoms with Crippen molar-refractivity contribution in [3.05, 3.63) is 220 Å². The first-order valence-electron chi connectivity index (χ1n) is 16.7. The van der Waals surface area contributed by atoms with Crippen LogP contribution in [0.25, 0.3) is 16.7 Å². The molecule has 6 N–H and O–H groups in total. The van der Waals surface area contributed by atoms with E-state index >= 15 is 0 Å². The van der Waals surface area contributed by atoms with Gasteiger partial charge < -0.3 is 22.2 Å². The van der Waals surface area contributed by atoms with E-state index in [-0.39, 0.29) is 6.04 Å². The molecule has 4 nitrogen and oxygen atoms in total. The molecule has 0 fully saturated rings. The van der Waals surface area contributed by atoms with Crippen molar-refractivity contribution < 1.29 is 0 Å². The van der Waals surface area contributed by atoms with Crippen LogP contribution in [0.5, 0.6) is 0 Å². The van der Waals surface area contributed by atoms with Gasteiger partial charge in [0.25, 0.3) is 0 Å². The van der Waals surface area contributed by atoms with E-state index in [1.165, 1.54) is 5.57 Å². The molecule has 3 aromatic rings. The van der Waals surface area contributed by atoms with E-state index < -0.39 is 0 Å². The van der Waals surface area contributed by atoms with Crippen LogP contribution in [-0.4, -0.2) is 11.8 Å². The summed E-state index contributed by atoms with van der Waals surface area (Å²) in [5.74, 6) is 0. The number of hydrogen-bond donors (Lipinski definition) is 4. The molecule has 6 rings (SSSR count). The molecule has 2 heterocycles. The Balaban J connectivity index is 1.52. The van der Waals surface area contributed by atoms with Gasteiger partial charge in [0.1, 0.15) is 0 Å². The molecule has 3 aliphatic rings. The van der Waals surface area contributed by atoms with Crippen molar-refractivity contribution in [1.29, 1.82) is 5.41 Å². The number of fused-ring (bicyclic) bond motifs is 2. The molecule has 1 atom stereocenters. The number of nitrogens with two attached hydrogens (primary N) is 2. The topological polar surface area (TPSA) is 87.9 Å². The molecule has 4 heteroatoms. The van der Waals surface area contributed by atoms with Gasteiger partial charge in [-0.15, -0.1) is 0 Å². The fourth-order valence-electron chi connectivity index (χ4n) is 6.21. The van der Waals surface area contributed by atoms with E-state index in [0.29, 0.717) is 22.7 Å². The summed E-state index contributed by atoms with van der Waals surface area (Å²) in [5.41, 5.74) is 25.4. The van der Waals surface area contributed by atoms with Crippen LogP contribution in [0.15, 0.2) is 198 Å². The lowest BCUT2D eigenvalue weighted by molar-refractivity contribution is 0.789. The number of rotatable bonds is 4. The number of benzene rings is 3. The van der Waals surface area contributed by atoms with Gasteiger partial charge in [-0.3, -0.25) is 0 Å². The van der Waals surface area contributed by atoms with Gasteiger partial charge >= 0.3 is 0 Å². The predicted octanol–water partition coefficient (Wildman–Crippen LogP) is 9.44. The highest BCUT2D eigenvalue weighted by atomic mass is 14.9. The maximum absolute atomic E-state index is 9.15. The van der Waals surface area contributed by atoms with Crippen molar-refractivity contribution in [3.63, 3.8) is 0 Å². The lowest BCUT2D eigenvalue weighted by atomic mass is 9.92. The fraction of sp³-hybridized carbons (Fsp3) is 0.0889.